The van der Waals surface area contributed by atoms with Gasteiger partial charge in [-0.1, -0.05) is 13.8 Å². The van der Waals surface area contributed by atoms with E-state index in [4.69, 9.17) is 4.99 Å². The number of guanidine groups is 1. The lowest BCUT2D eigenvalue weighted by Gasteiger charge is -2.18. The van der Waals surface area contributed by atoms with Gasteiger partial charge in [-0.3, -0.25) is 4.68 Å². The van der Waals surface area contributed by atoms with Crippen molar-refractivity contribution in [2.75, 3.05) is 6.54 Å². The molecule has 0 bridgehead atoms. The molecule has 2 N–H and O–H groups in total. The van der Waals surface area contributed by atoms with Crippen molar-refractivity contribution in [3.05, 3.63) is 35.2 Å². The Bertz CT molecular complexity index is 761. The number of rotatable bonds is 8. The average molecular weight is 501 g/mol. The monoisotopic (exact) mass is 501 g/mol. The van der Waals surface area contributed by atoms with Crippen molar-refractivity contribution >= 4 is 29.9 Å². The number of hydrogen-bond acceptors (Lipinski definition) is 3. The van der Waals surface area contributed by atoms with Crippen LogP contribution in [0.25, 0.3) is 0 Å². The Balaban J connectivity index is 0.00000392. The molecule has 1 unspecified atom stereocenters. The molecule has 0 saturated carbocycles. The summed E-state index contributed by atoms with van der Waals surface area (Å²) >= 11 is 0. The number of imidazole rings is 1. The quantitative estimate of drug-likeness (QED) is 0.331. The number of aliphatic imine (C=N–C) groups is 1. The van der Waals surface area contributed by atoms with Crippen LogP contribution in [-0.4, -0.2) is 37.9 Å². The van der Waals surface area contributed by atoms with E-state index in [9.17, 15) is 0 Å². The summed E-state index contributed by atoms with van der Waals surface area (Å²) < 4.78 is 4.13. The van der Waals surface area contributed by atoms with Gasteiger partial charge in [0, 0.05) is 44.3 Å². The molecule has 8 heteroatoms. The molecule has 0 radical (unpaired) electrons. The van der Waals surface area contributed by atoms with Crippen molar-refractivity contribution in [1.82, 2.24) is 30.0 Å². The van der Waals surface area contributed by atoms with Gasteiger partial charge in [0.05, 0.1) is 5.69 Å². The molecule has 0 aliphatic heterocycles. The Morgan fingerprint density at radius 1 is 1.25 bits per heavy atom. The van der Waals surface area contributed by atoms with Gasteiger partial charge in [0.1, 0.15) is 12.4 Å². The molecule has 0 aliphatic carbocycles. The van der Waals surface area contributed by atoms with Gasteiger partial charge in [-0.2, -0.15) is 5.10 Å². The largest absolute Gasteiger partial charge is 0.357 e. The molecule has 28 heavy (non-hydrogen) atoms. The summed E-state index contributed by atoms with van der Waals surface area (Å²) in [5, 5.41) is 11.4. The van der Waals surface area contributed by atoms with E-state index < -0.39 is 0 Å². The minimum Gasteiger partial charge on any atom is -0.357 e. The second-order valence-electron chi connectivity index (χ2n) is 7.61. The summed E-state index contributed by atoms with van der Waals surface area (Å²) in [5.41, 5.74) is 3.63. The molecule has 2 aromatic heterocycles. The van der Waals surface area contributed by atoms with Crippen LogP contribution in [-0.2, 0) is 26.6 Å². The topological polar surface area (TPSA) is 72.1 Å². The zero-order valence-electron chi connectivity index (χ0n) is 18.3. The highest BCUT2D eigenvalue weighted by Crippen LogP contribution is 2.14. The molecule has 0 fully saturated rings. The van der Waals surface area contributed by atoms with Crippen molar-refractivity contribution < 1.29 is 0 Å². The van der Waals surface area contributed by atoms with E-state index >= 15 is 0 Å². The number of aryl methyl sites for hydroxylation is 2. The molecule has 0 spiro atoms. The van der Waals surface area contributed by atoms with Crippen LogP contribution >= 0.6 is 24.0 Å². The normalized spacial score (nSPS) is 12.8. The van der Waals surface area contributed by atoms with E-state index in [0.717, 1.165) is 37.0 Å². The molecule has 158 valence electrons. The highest BCUT2D eigenvalue weighted by atomic mass is 127. The highest BCUT2D eigenvalue weighted by molar-refractivity contribution is 14.0. The Labute approximate surface area is 186 Å². The summed E-state index contributed by atoms with van der Waals surface area (Å²) in [6.45, 7) is 15.2. The van der Waals surface area contributed by atoms with E-state index in [1.807, 2.05) is 24.1 Å². The van der Waals surface area contributed by atoms with Crippen LogP contribution < -0.4 is 10.6 Å². The molecule has 0 aromatic carbocycles. The van der Waals surface area contributed by atoms with Gasteiger partial charge in [0.25, 0.3) is 0 Å². The van der Waals surface area contributed by atoms with E-state index in [0.29, 0.717) is 12.5 Å². The molecule has 0 aliphatic rings. The van der Waals surface area contributed by atoms with Gasteiger partial charge in [-0.15, -0.1) is 24.0 Å². The summed E-state index contributed by atoms with van der Waals surface area (Å²) in [4.78, 5) is 9.21. The van der Waals surface area contributed by atoms with E-state index in [2.05, 4.69) is 66.8 Å². The van der Waals surface area contributed by atoms with Crippen LogP contribution in [0.4, 0.5) is 0 Å². The minimum atomic E-state index is 0. The maximum absolute atomic E-state index is 4.75. The zero-order valence-corrected chi connectivity index (χ0v) is 20.6. The van der Waals surface area contributed by atoms with E-state index in [1.54, 1.807) is 0 Å². The van der Waals surface area contributed by atoms with Crippen molar-refractivity contribution in [3.8, 4) is 0 Å². The van der Waals surface area contributed by atoms with Crippen LogP contribution in [0.3, 0.4) is 0 Å². The average Bonchev–Trinajstić information content (AvgIpc) is 3.12. The zero-order chi connectivity index (χ0) is 20.0. The first-order valence-corrected chi connectivity index (χ1v) is 9.85. The summed E-state index contributed by atoms with van der Waals surface area (Å²) in [6.07, 6.45) is 4.80. The Morgan fingerprint density at radius 2 is 1.96 bits per heavy atom. The molecule has 2 rings (SSSR count). The van der Waals surface area contributed by atoms with Gasteiger partial charge < -0.3 is 15.2 Å². The smallest absolute Gasteiger partial charge is 0.191 e. The predicted molar refractivity (Wildman–Crippen MR) is 126 cm³/mol. The number of hydrogen-bond donors (Lipinski definition) is 2. The Kier molecular flexibility index (Phi) is 9.98. The fraction of sp³-hybridized carbons (Fsp3) is 0.650. The molecule has 7 nitrogen and oxygen atoms in total. The molecule has 0 saturated heterocycles. The SMILES string of the molecule is CCNC(=NCc1nccn1CC(C)C)NC(C)Cc1c(C)nn(C)c1C.I. The number of nitrogens with one attached hydrogen (secondary N) is 2. The third kappa shape index (κ3) is 6.79. The molecule has 2 aromatic rings. The first kappa shape index (κ1) is 24.5. The molecular formula is C20H36IN7. The summed E-state index contributed by atoms with van der Waals surface area (Å²) in [5.74, 6) is 2.40. The first-order valence-electron chi connectivity index (χ1n) is 9.85. The van der Waals surface area contributed by atoms with Crippen LogP contribution in [0.2, 0.25) is 0 Å². The van der Waals surface area contributed by atoms with Gasteiger partial charge in [-0.05, 0) is 45.6 Å². The Hall–Kier alpha value is -1.58. The highest BCUT2D eigenvalue weighted by Gasteiger charge is 2.14. The third-order valence-corrected chi connectivity index (χ3v) is 4.64. The molecule has 0 amide bonds. The maximum atomic E-state index is 4.75. The van der Waals surface area contributed by atoms with Crippen molar-refractivity contribution in [3.63, 3.8) is 0 Å². The lowest BCUT2D eigenvalue weighted by Crippen LogP contribution is -2.43. The molecule has 1 atom stereocenters. The maximum Gasteiger partial charge on any atom is 0.191 e. The van der Waals surface area contributed by atoms with Gasteiger partial charge in [0.2, 0.25) is 0 Å². The van der Waals surface area contributed by atoms with Crippen LogP contribution in [0.1, 0.15) is 50.5 Å². The fourth-order valence-electron chi connectivity index (χ4n) is 3.22. The second kappa shape index (κ2) is 11.4. The van der Waals surface area contributed by atoms with Crippen LogP contribution in [0, 0.1) is 19.8 Å². The number of nitrogens with zero attached hydrogens (tertiary/aromatic N) is 5. The second-order valence-corrected chi connectivity index (χ2v) is 7.61. The third-order valence-electron chi connectivity index (χ3n) is 4.64. The predicted octanol–water partition coefficient (Wildman–Crippen LogP) is 3.19. The Morgan fingerprint density at radius 3 is 2.54 bits per heavy atom. The van der Waals surface area contributed by atoms with Crippen molar-refractivity contribution in [2.24, 2.45) is 18.0 Å². The van der Waals surface area contributed by atoms with E-state index in [-0.39, 0.29) is 30.0 Å². The summed E-state index contributed by atoms with van der Waals surface area (Å²) in [6, 6.07) is 0.250. The molecular weight excluding hydrogens is 465 g/mol. The minimum absolute atomic E-state index is 0. The first-order chi connectivity index (χ1) is 12.8. The lowest BCUT2D eigenvalue weighted by atomic mass is 10.1. The van der Waals surface area contributed by atoms with Gasteiger partial charge in [0.15, 0.2) is 5.96 Å². The lowest BCUT2D eigenvalue weighted by molar-refractivity contribution is 0.507. The van der Waals surface area contributed by atoms with Crippen LogP contribution in [0.15, 0.2) is 17.4 Å². The van der Waals surface area contributed by atoms with Gasteiger partial charge in [-0.25, -0.2) is 9.98 Å². The van der Waals surface area contributed by atoms with Crippen molar-refractivity contribution in [2.45, 2.75) is 67.1 Å². The number of aromatic nitrogens is 4. The standard InChI is InChI=1S/C20H35N7.HI/c1-8-21-20(23-12-19-22-9-10-27(19)13-14(2)3)24-15(4)11-18-16(5)25-26(7)17(18)6;/h9-10,14-15H,8,11-13H2,1-7H3,(H2,21,23,24);1H. The van der Waals surface area contributed by atoms with Crippen molar-refractivity contribution in [1.29, 1.82) is 0 Å². The molecule has 2 heterocycles. The number of halogens is 1. The summed E-state index contributed by atoms with van der Waals surface area (Å²) in [7, 11) is 1.99. The fourth-order valence-corrected chi connectivity index (χ4v) is 3.22. The van der Waals surface area contributed by atoms with E-state index in [1.165, 1.54) is 11.3 Å². The van der Waals surface area contributed by atoms with Gasteiger partial charge >= 0.3 is 0 Å². The van der Waals surface area contributed by atoms with Crippen LogP contribution in [0.5, 0.6) is 0 Å².